The zero-order valence-electron chi connectivity index (χ0n) is 20.6. The van der Waals surface area contributed by atoms with Crippen LogP contribution in [0.5, 0.6) is 0 Å². The van der Waals surface area contributed by atoms with Gasteiger partial charge in [-0.1, -0.05) is 30.7 Å². The molecule has 182 valence electrons. The third-order valence-corrected chi connectivity index (χ3v) is 7.37. The van der Waals surface area contributed by atoms with Crippen LogP contribution in [0.4, 0.5) is 5.82 Å². The van der Waals surface area contributed by atoms with Crippen LogP contribution in [-0.4, -0.2) is 53.0 Å². The quantitative estimate of drug-likeness (QED) is 0.560. The highest BCUT2D eigenvalue weighted by atomic mass is 16.1. The first-order valence-electron chi connectivity index (χ1n) is 12.9. The molecular weight excluding hydrogens is 434 g/mol. The molecule has 3 aromatic rings. The number of nitrogens with zero attached hydrogens (tertiary/aromatic N) is 4. The molecule has 6 nitrogen and oxygen atoms in total. The number of aromatic nitrogens is 2. The Bertz CT molecular complexity index is 1120. The van der Waals surface area contributed by atoms with E-state index in [9.17, 15) is 4.79 Å². The molecule has 0 radical (unpaired) electrons. The van der Waals surface area contributed by atoms with E-state index in [0.717, 1.165) is 60.5 Å². The van der Waals surface area contributed by atoms with E-state index in [0.29, 0.717) is 0 Å². The monoisotopic (exact) mass is 469 g/mol. The summed E-state index contributed by atoms with van der Waals surface area (Å²) in [6.45, 7) is 7.22. The van der Waals surface area contributed by atoms with Crippen LogP contribution in [0.1, 0.15) is 53.6 Å². The minimum atomic E-state index is 0.00637. The number of hydrogen-bond acceptors (Lipinski definition) is 5. The zero-order chi connectivity index (χ0) is 24.0. The van der Waals surface area contributed by atoms with Crippen molar-refractivity contribution < 1.29 is 4.79 Å². The van der Waals surface area contributed by atoms with E-state index in [2.05, 4.69) is 32.2 Å². The minimum absolute atomic E-state index is 0.00637. The Balaban J connectivity index is 1.15. The molecule has 2 aliphatic rings. The van der Waals surface area contributed by atoms with Crippen LogP contribution in [0.15, 0.2) is 61.1 Å². The smallest absolute Gasteiger partial charge is 0.251 e. The molecule has 0 unspecified atom stereocenters. The van der Waals surface area contributed by atoms with Gasteiger partial charge in [0.15, 0.2) is 0 Å². The Kier molecular flexibility index (Phi) is 7.38. The van der Waals surface area contributed by atoms with Crippen molar-refractivity contribution in [2.24, 2.45) is 0 Å². The molecule has 35 heavy (non-hydrogen) atoms. The number of rotatable bonds is 6. The number of benzene rings is 1. The van der Waals surface area contributed by atoms with Crippen molar-refractivity contribution in [2.75, 3.05) is 31.1 Å². The summed E-state index contributed by atoms with van der Waals surface area (Å²) in [5.41, 5.74) is 5.10. The molecule has 2 aliphatic heterocycles. The Hall–Kier alpha value is -3.25. The highest BCUT2D eigenvalue weighted by molar-refractivity contribution is 5.97. The fraction of sp³-hybridized carbons (Fsp3) is 0.414. The fourth-order valence-corrected chi connectivity index (χ4v) is 5.31. The summed E-state index contributed by atoms with van der Waals surface area (Å²) in [6, 6.07) is 14.4. The number of anilines is 1. The van der Waals surface area contributed by atoms with Gasteiger partial charge in [0.25, 0.3) is 5.91 Å². The second-order valence-corrected chi connectivity index (χ2v) is 9.82. The largest absolute Gasteiger partial charge is 0.356 e. The van der Waals surface area contributed by atoms with Crippen LogP contribution in [0.3, 0.4) is 0 Å². The summed E-state index contributed by atoms with van der Waals surface area (Å²) in [7, 11) is 0. The lowest BCUT2D eigenvalue weighted by atomic mass is 9.96. The van der Waals surface area contributed by atoms with Gasteiger partial charge in [0.2, 0.25) is 0 Å². The first kappa shape index (κ1) is 23.5. The predicted octanol–water partition coefficient (Wildman–Crippen LogP) is 4.84. The minimum Gasteiger partial charge on any atom is -0.356 e. The van der Waals surface area contributed by atoms with Crippen molar-refractivity contribution in [1.82, 2.24) is 20.2 Å². The fourth-order valence-electron chi connectivity index (χ4n) is 5.31. The van der Waals surface area contributed by atoms with Crippen LogP contribution in [0.2, 0.25) is 0 Å². The summed E-state index contributed by atoms with van der Waals surface area (Å²) >= 11 is 0. The Morgan fingerprint density at radius 1 is 0.971 bits per heavy atom. The molecule has 6 heteroatoms. The summed E-state index contributed by atoms with van der Waals surface area (Å²) in [4.78, 5) is 27.0. The van der Waals surface area contributed by atoms with E-state index >= 15 is 0 Å². The molecule has 1 N–H and O–H groups in total. The molecule has 1 amide bonds. The highest BCUT2D eigenvalue weighted by Crippen LogP contribution is 2.26. The number of hydrogen-bond donors (Lipinski definition) is 1. The van der Waals surface area contributed by atoms with Crippen LogP contribution in [-0.2, 0) is 6.54 Å². The van der Waals surface area contributed by atoms with Crippen molar-refractivity contribution in [1.29, 1.82) is 0 Å². The van der Waals surface area contributed by atoms with Crippen LogP contribution in [0, 0.1) is 6.92 Å². The van der Waals surface area contributed by atoms with Gasteiger partial charge in [-0.15, -0.1) is 0 Å². The molecule has 2 saturated heterocycles. The van der Waals surface area contributed by atoms with Gasteiger partial charge in [0.05, 0.1) is 0 Å². The standard InChI is InChI=1S/C29H35N5O/c1-22-26(24-7-6-14-30-20-24)8-5-9-27(22)29(35)32-25-12-17-34(18-13-25)28-11-10-23(19-31-28)21-33-15-3-2-4-16-33/h5-11,14,19-20,25H,2-4,12-13,15-18,21H2,1H3,(H,32,35). The van der Waals surface area contributed by atoms with Gasteiger partial charge >= 0.3 is 0 Å². The molecule has 1 aromatic carbocycles. The van der Waals surface area contributed by atoms with Gasteiger partial charge in [0, 0.05) is 55.4 Å². The molecule has 0 bridgehead atoms. The summed E-state index contributed by atoms with van der Waals surface area (Å²) in [6.07, 6.45) is 11.5. The number of nitrogens with one attached hydrogen (secondary N) is 1. The molecule has 0 aliphatic carbocycles. The predicted molar refractivity (Wildman–Crippen MR) is 140 cm³/mol. The lowest BCUT2D eigenvalue weighted by molar-refractivity contribution is 0.0930. The van der Waals surface area contributed by atoms with Crippen LogP contribution >= 0.6 is 0 Å². The third-order valence-electron chi connectivity index (χ3n) is 7.37. The van der Waals surface area contributed by atoms with Crippen LogP contribution < -0.4 is 10.2 Å². The summed E-state index contributed by atoms with van der Waals surface area (Å²) in [5.74, 6) is 1.05. The lowest BCUT2D eigenvalue weighted by Gasteiger charge is -2.33. The van der Waals surface area contributed by atoms with Gasteiger partial charge in [-0.25, -0.2) is 4.98 Å². The third kappa shape index (κ3) is 5.70. The van der Waals surface area contributed by atoms with Gasteiger partial charge in [-0.2, -0.15) is 0 Å². The van der Waals surface area contributed by atoms with Crippen molar-refractivity contribution in [2.45, 2.75) is 51.6 Å². The summed E-state index contributed by atoms with van der Waals surface area (Å²) in [5, 5.41) is 3.27. The van der Waals surface area contributed by atoms with Gasteiger partial charge in [-0.3, -0.25) is 14.7 Å². The number of likely N-dealkylation sites (tertiary alicyclic amines) is 1. The number of carbonyl (C=O) groups excluding carboxylic acids is 1. The number of piperidine rings is 2. The van der Waals surface area contributed by atoms with Crippen molar-refractivity contribution in [3.8, 4) is 11.1 Å². The van der Waals surface area contributed by atoms with E-state index in [-0.39, 0.29) is 11.9 Å². The van der Waals surface area contributed by atoms with Gasteiger partial charge < -0.3 is 10.2 Å². The maximum Gasteiger partial charge on any atom is 0.251 e. The van der Waals surface area contributed by atoms with E-state index in [4.69, 9.17) is 4.98 Å². The van der Waals surface area contributed by atoms with Gasteiger partial charge in [-0.05, 0) is 80.6 Å². The zero-order valence-corrected chi connectivity index (χ0v) is 20.6. The molecule has 5 rings (SSSR count). The normalized spacial score (nSPS) is 17.3. The molecule has 4 heterocycles. The van der Waals surface area contributed by atoms with E-state index in [1.807, 2.05) is 49.6 Å². The molecule has 2 aromatic heterocycles. The average molecular weight is 470 g/mol. The SMILES string of the molecule is Cc1c(C(=O)NC2CCN(c3ccc(CN4CCCCC4)cn3)CC2)cccc1-c1cccnc1. The first-order chi connectivity index (χ1) is 17.2. The van der Waals surface area contributed by atoms with E-state index in [1.54, 1.807) is 6.20 Å². The Morgan fingerprint density at radius 2 is 1.80 bits per heavy atom. The Morgan fingerprint density at radius 3 is 2.51 bits per heavy atom. The maximum absolute atomic E-state index is 13.1. The topological polar surface area (TPSA) is 61.4 Å². The number of pyridine rings is 2. The highest BCUT2D eigenvalue weighted by Gasteiger charge is 2.23. The first-order valence-corrected chi connectivity index (χ1v) is 12.9. The van der Waals surface area contributed by atoms with Crippen molar-refractivity contribution >= 4 is 11.7 Å². The lowest BCUT2D eigenvalue weighted by Crippen LogP contribution is -2.45. The molecule has 2 fully saturated rings. The maximum atomic E-state index is 13.1. The molecule has 0 atom stereocenters. The number of amides is 1. The van der Waals surface area contributed by atoms with E-state index in [1.165, 1.54) is 37.9 Å². The second kappa shape index (κ2) is 11.0. The second-order valence-electron chi connectivity index (χ2n) is 9.82. The van der Waals surface area contributed by atoms with Crippen molar-refractivity contribution in [3.05, 3.63) is 77.7 Å². The van der Waals surface area contributed by atoms with Gasteiger partial charge in [0.1, 0.15) is 5.82 Å². The summed E-state index contributed by atoms with van der Waals surface area (Å²) < 4.78 is 0. The molecular formula is C29H35N5O. The number of carbonyl (C=O) groups is 1. The van der Waals surface area contributed by atoms with Crippen LogP contribution in [0.25, 0.3) is 11.1 Å². The molecule has 0 spiro atoms. The van der Waals surface area contributed by atoms with E-state index < -0.39 is 0 Å². The molecule has 0 saturated carbocycles. The average Bonchev–Trinajstić information content (AvgIpc) is 2.91. The Labute approximate surface area is 208 Å². The van der Waals surface area contributed by atoms with Crippen molar-refractivity contribution in [3.63, 3.8) is 0 Å².